The molecule has 0 aromatic rings. The van der Waals surface area contributed by atoms with Crippen LogP contribution in [0.4, 0.5) is 0 Å². The summed E-state index contributed by atoms with van der Waals surface area (Å²) in [6, 6.07) is -1.33. The van der Waals surface area contributed by atoms with Crippen molar-refractivity contribution in [2.45, 2.75) is 82.5 Å². The number of hydrogen-bond donors (Lipinski definition) is 4. The summed E-state index contributed by atoms with van der Waals surface area (Å²) in [5.41, 5.74) is 0. The molecule has 0 bridgehead atoms. The van der Waals surface area contributed by atoms with Gasteiger partial charge < -0.3 is 24.8 Å². The van der Waals surface area contributed by atoms with E-state index >= 15 is 0 Å². The standard InChI is InChI=1S/C17H33NO9S2.Na/c1-12(20)18-14-16(27-29(22,23)24)15(21)13(11-19)26-17(14)25-9-7-5-3-2-4-6-8-10-28;/h13-17,19,21,28H,2-11H2,1H3,(H,18,20)(H,22,23,24);/q;+1/p-1/t13-,14-,15-,16-,17-;/m1./s1. The van der Waals surface area contributed by atoms with Gasteiger partial charge in [-0.25, -0.2) is 4.18 Å². The Morgan fingerprint density at radius 3 is 2.23 bits per heavy atom. The fraction of sp³-hybridized carbons (Fsp3) is 0.941. The fourth-order valence-electron chi connectivity index (χ4n) is 3.09. The SMILES string of the molecule is CC([O-])=N[C@H]1[C@H](OCCCCCCCCCS)O[C@H](CO)[C@@H](O)[C@@H]1OS(=O)(=O)O.[Na+]. The summed E-state index contributed by atoms with van der Waals surface area (Å²) in [7, 11) is -4.95. The Labute approximate surface area is 206 Å². The molecule has 1 rings (SSSR count). The Morgan fingerprint density at radius 1 is 1.17 bits per heavy atom. The topological polar surface area (TPSA) is 158 Å². The molecule has 0 unspecified atom stereocenters. The molecule has 0 aromatic carbocycles. The van der Waals surface area contributed by atoms with Gasteiger partial charge in [0, 0.05) is 6.61 Å². The van der Waals surface area contributed by atoms with Crippen LogP contribution in [0.25, 0.3) is 0 Å². The van der Waals surface area contributed by atoms with Gasteiger partial charge in [0.25, 0.3) is 0 Å². The molecule has 10 nitrogen and oxygen atoms in total. The molecule has 1 saturated heterocycles. The Kier molecular flexibility index (Phi) is 16.5. The smallest absolute Gasteiger partial charge is 0.862 e. The number of nitrogens with zero attached hydrogens (tertiary/aromatic N) is 1. The third-order valence-electron chi connectivity index (χ3n) is 4.47. The van der Waals surface area contributed by atoms with Crippen LogP contribution in [0.1, 0.15) is 51.9 Å². The Morgan fingerprint density at radius 2 is 1.73 bits per heavy atom. The van der Waals surface area contributed by atoms with Crippen molar-refractivity contribution in [2.75, 3.05) is 19.0 Å². The number of aliphatic imine (C=N–C) groups is 1. The molecule has 1 heterocycles. The zero-order valence-electron chi connectivity index (χ0n) is 17.6. The van der Waals surface area contributed by atoms with Gasteiger partial charge in [0.15, 0.2) is 6.29 Å². The van der Waals surface area contributed by atoms with Gasteiger partial charge in [0.1, 0.15) is 24.4 Å². The molecule has 1 aliphatic heterocycles. The average molecular weight is 482 g/mol. The van der Waals surface area contributed by atoms with E-state index in [-0.39, 0.29) is 36.2 Å². The number of ether oxygens (including phenoxy) is 2. The quantitative estimate of drug-likeness (QED) is 0.0509. The number of rotatable bonds is 14. The van der Waals surface area contributed by atoms with E-state index in [0.29, 0.717) is 6.42 Å². The van der Waals surface area contributed by atoms with Crippen molar-refractivity contribution in [3.63, 3.8) is 0 Å². The molecular weight excluding hydrogens is 449 g/mol. The van der Waals surface area contributed by atoms with Gasteiger partial charge in [-0.3, -0.25) is 9.55 Å². The van der Waals surface area contributed by atoms with Crippen LogP contribution in [-0.2, 0) is 24.1 Å². The van der Waals surface area contributed by atoms with Crippen LogP contribution in [0.15, 0.2) is 4.99 Å². The van der Waals surface area contributed by atoms with E-state index in [1.165, 1.54) is 0 Å². The van der Waals surface area contributed by atoms with E-state index in [0.717, 1.165) is 51.2 Å². The molecule has 172 valence electrons. The molecule has 0 radical (unpaired) electrons. The van der Waals surface area contributed by atoms with Gasteiger partial charge >= 0.3 is 40.0 Å². The minimum Gasteiger partial charge on any atom is -0.862 e. The maximum absolute atomic E-state index is 11.5. The monoisotopic (exact) mass is 481 g/mol. The largest absolute Gasteiger partial charge is 1.00 e. The second kappa shape index (κ2) is 16.2. The van der Waals surface area contributed by atoms with Crippen LogP contribution in [0.3, 0.4) is 0 Å². The molecule has 13 heteroatoms. The second-order valence-electron chi connectivity index (χ2n) is 6.91. The van der Waals surface area contributed by atoms with Gasteiger partial charge in [-0.1, -0.05) is 32.1 Å². The predicted molar refractivity (Wildman–Crippen MR) is 107 cm³/mol. The van der Waals surface area contributed by atoms with E-state index in [9.17, 15) is 23.7 Å². The molecule has 0 aliphatic carbocycles. The van der Waals surface area contributed by atoms with E-state index < -0.39 is 53.5 Å². The summed E-state index contributed by atoms with van der Waals surface area (Å²) in [4.78, 5) is 3.72. The van der Waals surface area contributed by atoms with Crippen LogP contribution < -0.4 is 34.7 Å². The summed E-state index contributed by atoms with van der Waals surface area (Å²) in [6.45, 7) is 0.739. The molecule has 1 fully saturated rings. The fourth-order valence-corrected chi connectivity index (χ4v) is 3.82. The molecule has 5 atom stereocenters. The minimum absolute atomic E-state index is 0. The third kappa shape index (κ3) is 12.0. The first-order chi connectivity index (χ1) is 13.7. The van der Waals surface area contributed by atoms with Crippen molar-refractivity contribution in [1.82, 2.24) is 0 Å². The molecule has 0 amide bonds. The normalized spacial score (nSPS) is 27.6. The summed E-state index contributed by atoms with van der Waals surface area (Å²) in [5.74, 6) is 0.236. The molecule has 1 aliphatic rings. The van der Waals surface area contributed by atoms with Gasteiger partial charge in [0.05, 0.1) is 6.61 Å². The van der Waals surface area contributed by atoms with Crippen molar-refractivity contribution >= 4 is 28.9 Å². The van der Waals surface area contributed by atoms with Gasteiger partial charge in [-0.2, -0.15) is 21.0 Å². The first-order valence-electron chi connectivity index (χ1n) is 9.73. The molecule has 0 spiro atoms. The van der Waals surface area contributed by atoms with Gasteiger partial charge in [0.2, 0.25) is 0 Å². The number of aliphatic hydroxyl groups excluding tert-OH is 2. The third-order valence-corrected chi connectivity index (χ3v) is 5.25. The maximum Gasteiger partial charge on any atom is 1.00 e. The number of unbranched alkanes of at least 4 members (excludes halogenated alkanes) is 6. The number of hydrogen-bond acceptors (Lipinski definition) is 10. The van der Waals surface area contributed by atoms with E-state index in [1.807, 2.05) is 0 Å². The van der Waals surface area contributed by atoms with Crippen LogP contribution in [0.5, 0.6) is 0 Å². The van der Waals surface area contributed by atoms with Crippen molar-refractivity contribution < 1.29 is 71.5 Å². The summed E-state index contributed by atoms with van der Waals surface area (Å²) >= 11 is 4.17. The maximum atomic E-state index is 11.5. The van der Waals surface area contributed by atoms with Crippen LogP contribution in [-0.4, -0.2) is 78.7 Å². The van der Waals surface area contributed by atoms with Crippen LogP contribution in [0, 0.1) is 0 Å². The van der Waals surface area contributed by atoms with Crippen LogP contribution in [0.2, 0.25) is 0 Å². The Balaban J connectivity index is 0.00000841. The zero-order valence-corrected chi connectivity index (χ0v) is 21.3. The second-order valence-corrected chi connectivity index (χ2v) is 8.41. The number of aliphatic hydroxyl groups is 2. The van der Waals surface area contributed by atoms with Crippen molar-refractivity contribution in [2.24, 2.45) is 4.99 Å². The first-order valence-corrected chi connectivity index (χ1v) is 11.7. The molecular formula is C17H32NNaO9S2. The summed E-state index contributed by atoms with van der Waals surface area (Å²) < 4.78 is 46.9. The van der Waals surface area contributed by atoms with Crippen molar-refractivity contribution in [1.29, 1.82) is 0 Å². The summed E-state index contributed by atoms with van der Waals surface area (Å²) in [6.07, 6.45) is 1.45. The van der Waals surface area contributed by atoms with Gasteiger partial charge in [-0.15, -0.1) is 0 Å². The molecule has 3 N–H and O–H groups in total. The predicted octanol–water partition coefficient (Wildman–Crippen LogP) is -2.92. The number of thiol groups is 1. The first kappa shape index (κ1) is 30.5. The Bertz CT molecular complexity index is 590. The molecule has 30 heavy (non-hydrogen) atoms. The minimum atomic E-state index is -4.95. The van der Waals surface area contributed by atoms with E-state index in [4.69, 9.17) is 14.0 Å². The molecule has 0 saturated carbocycles. The van der Waals surface area contributed by atoms with Crippen molar-refractivity contribution in [3.05, 3.63) is 0 Å². The average Bonchev–Trinajstić information content (AvgIpc) is 2.63. The van der Waals surface area contributed by atoms with Gasteiger partial charge in [-0.05, 0) is 31.4 Å². The molecule has 0 aromatic heterocycles. The van der Waals surface area contributed by atoms with Crippen LogP contribution >= 0.6 is 12.6 Å². The zero-order chi connectivity index (χ0) is 21.9. The Hall–Kier alpha value is 0.530. The summed E-state index contributed by atoms with van der Waals surface area (Å²) in [5, 5.41) is 31.1. The van der Waals surface area contributed by atoms with Crippen molar-refractivity contribution in [3.8, 4) is 0 Å². The van der Waals surface area contributed by atoms with E-state index in [2.05, 4.69) is 21.8 Å². The van der Waals surface area contributed by atoms with E-state index in [1.54, 1.807) is 0 Å².